The van der Waals surface area contributed by atoms with E-state index in [-0.39, 0.29) is 23.8 Å². The quantitative estimate of drug-likeness (QED) is 0.388. The van der Waals surface area contributed by atoms with Gasteiger partial charge in [0.05, 0.1) is 23.4 Å². The van der Waals surface area contributed by atoms with Crippen molar-refractivity contribution in [1.29, 1.82) is 0 Å². The number of fused-ring (bicyclic) bond motifs is 2. The molecule has 1 saturated heterocycles. The first kappa shape index (κ1) is 24.0. The predicted octanol–water partition coefficient (Wildman–Crippen LogP) is 3.59. The molecular formula is C28H29N5O5. The number of benzene rings is 1. The van der Waals surface area contributed by atoms with E-state index in [0.717, 1.165) is 10.9 Å². The van der Waals surface area contributed by atoms with Gasteiger partial charge in [0, 0.05) is 50.3 Å². The van der Waals surface area contributed by atoms with Crippen molar-refractivity contribution in [3.63, 3.8) is 0 Å². The number of carbonyl (C=O) groups excluding carboxylic acids is 3. The third-order valence-electron chi connectivity index (χ3n) is 7.24. The predicted molar refractivity (Wildman–Crippen MR) is 140 cm³/mol. The summed E-state index contributed by atoms with van der Waals surface area (Å²) in [6.45, 7) is 6.78. The highest BCUT2D eigenvalue weighted by Gasteiger charge is 2.33. The number of likely N-dealkylation sites (tertiary alicyclic amines) is 1. The summed E-state index contributed by atoms with van der Waals surface area (Å²) in [5, 5.41) is 10.9. The van der Waals surface area contributed by atoms with E-state index in [0.29, 0.717) is 65.0 Å². The minimum atomic E-state index is -0.121. The summed E-state index contributed by atoms with van der Waals surface area (Å²) in [5.41, 5.74) is 3.09. The van der Waals surface area contributed by atoms with Gasteiger partial charge in [0.25, 0.3) is 11.8 Å². The molecule has 2 aliphatic rings. The number of aryl methyl sites for hydroxylation is 2. The molecule has 4 heterocycles. The second-order valence-electron chi connectivity index (χ2n) is 10.2. The van der Waals surface area contributed by atoms with Gasteiger partial charge in [-0.15, -0.1) is 0 Å². The van der Waals surface area contributed by atoms with Gasteiger partial charge < -0.3 is 24.7 Å². The maximum absolute atomic E-state index is 13.1. The van der Waals surface area contributed by atoms with Crippen LogP contribution in [-0.4, -0.2) is 57.9 Å². The Balaban J connectivity index is 1.24. The van der Waals surface area contributed by atoms with Crippen LogP contribution in [0.15, 0.2) is 41.1 Å². The number of hydrogen-bond donors (Lipinski definition) is 2. The molecule has 6 rings (SSSR count). The van der Waals surface area contributed by atoms with Gasteiger partial charge in [-0.3, -0.25) is 14.4 Å². The summed E-state index contributed by atoms with van der Waals surface area (Å²) in [6.07, 6.45) is 5.66. The van der Waals surface area contributed by atoms with E-state index in [2.05, 4.69) is 15.7 Å². The van der Waals surface area contributed by atoms with Crippen LogP contribution in [0.2, 0.25) is 0 Å². The van der Waals surface area contributed by atoms with Gasteiger partial charge in [0.15, 0.2) is 5.75 Å². The normalized spacial score (nSPS) is 15.5. The summed E-state index contributed by atoms with van der Waals surface area (Å²) in [4.78, 5) is 38.9. The second-order valence-corrected chi connectivity index (χ2v) is 10.2. The topological polar surface area (TPSA) is 118 Å². The fourth-order valence-electron chi connectivity index (χ4n) is 5.03. The molecule has 3 amide bonds. The van der Waals surface area contributed by atoms with Crippen molar-refractivity contribution in [3.8, 4) is 11.5 Å². The molecule has 38 heavy (non-hydrogen) atoms. The lowest BCUT2D eigenvalue weighted by Crippen LogP contribution is -2.60. The molecule has 0 radical (unpaired) electrons. The number of furan rings is 1. The van der Waals surface area contributed by atoms with E-state index < -0.39 is 0 Å². The Hall–Kier alpha value is -4.34. The lowest BCUT2D eigenvalue weighted by Gasteiger charge is -2.39. The van der Waals surface area contributed by atoms with Crippen LogP contribution in [0.25, 0.3) is 16.5 Å². The number of rotatable bonds is 7. The molecule has 0 bridgehead atoms. The van der Waals surface area contributed by atoms with Crippen molar-refractivity contribution in [3.05, 3.63) is 59.1 Å². The third-order valence-corrected chi connectivity index (χ3v) is 7.24. The molecule has 0 unspecified atom stereocenters. The van der Waals surface area contributed by atoms with E-state index in [1.807, 2.05) is 13.0 Å². The molecule has 3 aromatic heterocycles. The van der Waals surface area contributed by atoms with E-state index in [4.69, 9.17) is 9.15 Å². The number of amides is 3. The molecule has 2 N–H and O–H groups in total. The van der Waals surface area contributed by atoms with Gasteiger partial charge in [-0.1, -0.05) is 0 Å². The average Bonchev–Trinajstić information content (AvgIpc) is 3.54. The molecule has 10 heteroatoms. The summed E-state index contributed by atoms with van der Waals surface area (Å²) in [5.74, 6) is 1.91. The molecule has 0 atom stereocenters. The minimum absolute atomic E-state index is 0.0178. The number of aromatic nitrogens is 2. The van der Waals surface area contributed by atoms with Crippen LogP contribution in [0.3, 0.4) is 0 Å². The van der Waals surface area contributed by atoms with Crippen molar-refractivity contribution in [2.45, 2.75) is 39.7 Å². The SMILES string of the molecule is CC(=O)NC1CN(C(=O)c2cn3nccc(Oc4ccc5c(C(=O)NCC6CC6)c(C)oc5c4)c3c2C)C1. The maximum Gasteiger partial charge on any atom is 0.255 e. The first-order valence-corrected chi connectivity index (χ1v) is 12.8. The molecule has 196 valence electrons. The minimum Gasteiger partial charge on any atom is -0.460 e. The van der Waals surface area contributed by atoms with Crippen LogP contribution in [-0.2, 0) is 4.79 Å². The Bertz CT molecular complexity index is 1590. The molecular weight excluding hydrogens is 486 g/mol. The number of ether oxygens (including phenoxy) is 1. The molecule has 2 fully saturated rings. The van der Waals surface area contributed by atoms with Gasteiger partial charge in [0.1, 0.15) is 22.6 Å². The van der Waals surface area contributed by atoms with Crippen LogP contribution in [0, 0.1) is 19.8 Å². The van der Waals surface area contributed by atoms with E-state index in [1.54, 1.807) is 46.9 Å². The van der Waals surface area contributed by atoms with Gasteiger partial charge in [-0.05, 0) is 50.3 Å². The summed E-state index contributed by atoms with van der Waals surface area (Å²) in [7, 11) is 0. The summed E-state index contributed by atoms with van der Waals surface area (Å²) >= 11 is 0. The fourth-order valence-corrected chi connectivity index (χ4v) is 5.03. The fraction of sp³-hybridized carbons (Fsp3) is 0.357. The number of nitrogens with one attached hydrogen (secondary N) is 2. The largest absolute Gasteiger partial charge is 0.460 e. The molecule has 4 aromatic rings. The standard InChI is InChI=1S/C28H29N5O5/c1-15-22(28(36)32-12-19(13-32)31-17(3)34)14-33-26(15)23(8-9-30-33)38-20-6-7-21-24(10-20)37-16(2)25(21)27(35)29-11-18-4-5-18/h6-10,14,18-19H,4-5,11-13H2,1-3H3,(H,29,35)(H,31,34). The van der Waals surface area contributed by atoms with Crippen LogP contribution >= 0.6 is 0 Å². The summed E-state index contributed by atoms with van der Waals surface area (Å²) < 4.78 is 13.8. The second kappa shape index (κ2) is 9.20. The summed E-state index contributed by atoms with van der Waals surface area (Å²) in [6, 6.07) is 7.14. The molecule has 0 spiro atoms. The highest BCUT2D eigenvalue weighted by molar-refractivity contribution is 6.07. The monoisotopic (exact) mass is 515 g/mol. The Morgan fingerprint density at radius 3 is 2.68 bits per heavy atom. The zero-order valence-electron chi connectivity index (χ0n) is 21.5. The average molecular weight is 516 g/mol. The Morgan fingerprint density at radius 1 is 1.16 bits per heavy atom. The zero-order valence-corrected chi connectivity index (χ0v) is 21.5. The molecule has 1 aliphatic heterocycles. The van der Waals surface area contributed by atoms with Gasteiger partial charge >= 0.3 is 0 Å². The molecule has 1 aromatic carbocycles. The highest BCUT2D eigenvalue weighted by atomic mass is 16.5. The van der Waals surface area contributed by atoms with Gasteiger partial charge in [-0.25, -0.2) is 4.52 Å². The zero-order chi connectivity index (χ0) is 26.6. The van der Waals surface area contributed by atoms with Crippen molar-refractivity contribution in [2.75, 3.05) is 19.6 Å². The van der Waals surface area contributed by atoms with E-state index in [1.165, 1.54) is 19.8 Å². The first-order valence-electron chi connectivity index (χ1n) is 12.8. The van der Waals surface area contributed by atoms with Crippen LogP contribution < -0.4 is 15.4 Å². The van der Waals surface area contributed by atoms with Crippen molar-refractivity contribution >= 4 is 34.2 Å². The van der Waals surface area contributed by atoms with Crippen LogP contribution in [0.4, 0.5) is 0 Å². The first-order chi connectivity index (χ1) is 18.3. The van der Waals surface area contributed by atoms with E-state index >= 15 is 0 Å². The molecule has 1 saturated carbocycles. The van der Waals surface area contributed by atoms with Crippen molar-refractivity contribution < 1.29 is 23.5 Å². The molecule has 10 nitrogen and oxygen atoms in total. The van der Waals surface area contributed by atoms with Crippen molar-refractivity contribution in [2.24, 2.45) is 5.92 Å². The third kappa shape index (κ3) is 4.36. The van der Waals surface area contributed by atoms with Crippen LogP contribution in [0.5, 0.6) is 11.5 Å². The van der Waals surface area contributed by atoms with E-state index in [9.17, 15) is 14.4 Å². The Morgan fingerprint density at radius 2 is 1.95 bits per heavy atom. The lowest BCUT2D eigenvalue weighted by atomic mass is 10.1. The maximum atomic E-state index is 13.1. The Labute approximate surface area is 218 Å². The Kier molecular flexibility index (Phi) is 5.81. The molecule has 1 aliphatic carbocycles. The van der Waals surface area contributed by atoms with Gasteiger partial charge in [0.2, 0.25) is 5.91 Å². The number of nitrogens with zero attached hydrogens (tertiary/aromatic N) is 3. The highest BCUT2D eigenvalue weighted by Crippen LogP contribution is 2.34. The van der Waals surface area contributed by atoms with Crippen molar-refractivity contribution in [1.82, 2.24) is 25.1 Å². The number of carbonyl (C=O) groups is 3. The van der Waals surface area contributed by atoms with Gasteiger partial charge in [-0.2, -0.15) is 5.10 Å². The van der Waals surface area contributed by atoms with Crippen LogP contribution in [0.1, 0.15) is 51.8 Å². The lowest BCUT2D eigenvalue weighted by molar-refractivity contribution is -0.120. The smallest absolute Gasteiger partial charge is 0.255 e. The number of hydrogen-bond acceptors (Lipinski definition) is 6.